The van der Waals surface area contributed by atoms with Crippen LogP contribution in [0.4, 0.5) is 0 Å². The Kier molecular flexibility index (Phi) is 2.54. The molecule has 14 heavy (non-hydrogen) atoms. The standard InChI is InChI=1S/C10H12N2OS/c11-10(14)12-6-7-1-2-9-8(5-7)3-4-13-9/h1-2,5H,3-4,6H2,(H3,11,12,14). The Morgan fingerprint density at radius 1 is 1.57 bits per heavy atom. The summed E-state index contributed by atoms with van der Waals surface area (Å²) in [4.78, 5) is 0. The van der Waals surface area contributed by atoms with E-state index in [0.717, 1.165) is 18.8 Å². The summed E-state index contributed by atoms with van der Waals surface area (Å²) in [6, 6.07) is 6.15. The molecule has 1 aliphatic heterocycles. The van der Waals surface area contributed by atoms with Gasteiger partial charge in [0.25, 0.3) is 0 Å². The van der Waals surface area contributed by atoms with Crippen LogP contribution in [0.15, 0.2) is 18.2 Å². The van der Waals surface area contributed by atoms with E-state index in [0.29, 0.717) is 11.7 Å². The molecule has 0 saturated carbocycles. The van der Waals surface area contributed by atoms with Crippen LogP contribution in [0.5, 0.6) is 5.75 Å². The Balaban J connectivity index is 2.09. The van der Waals surface area contributed by atoms with Gasteiger partial charge in [-0.3, -0.25) is 0 Å². The number of rotatable bonds is 2. The number of ether oxygens (including phenoxy) is 1. The Hall–Kier alpha value is -1.29. The largest absolute Gasteiger partial charge is 0.493 e. The number of fused-ring (bicyclic) bond motifs is 1. The SMILES string of the molecule is NC(=S)NCc1ccc2c(c1)CCO2. The molecule has 0 spiro atoms. The molecule has 0 aliphatic carbocycles. The zero-order valence-corrected chi connectivity index (χ0v) is 8.56. The summed E-state index contributed by atoms with van der Waals surface area (Å²) in [5, 5.41) is 3.26. The third kappa shape index (κ3) is 1.96. The van der Waals surface area contributed by atoms with Gasteiger partial charge < -0.3 is 15.8 Å². The molecule has 0 aromatic heterocycles. The van der Waals surface area contributed by atoms with Gasteiger partial charge in [0.05, 0.1) is 6.61 Å². The van der Waals surface area contributed by atoms with Crippen LogP contribution < -0.4 is 15.8 Å². The first-order valence-corrected chi connectivity index (χ1v) is 4.94. The fraction of sp³-hybridized carbons (Fsp3) is 0.300. The molecule has 1 aromatic rings. The van der Waals surface area contributed by atoms with Crippen LogP contribution in [0.3, 0.4) is 0 Å². The monoisotopic (exact) mass is 208 g/mol. The number of thiocarbonyl (C=S) groups is 1. The highest BCUT2D eigenvalue weighted by molar-refractivity contribution is 7.80. The summed E-state index contributed by atoms with van der Waals surface area (Å²) in [6.07, 6.45) is 0.996. The van der Waals surface area contributed by atoms with Crippen molar-refractivity contribution in [2.24, 2.45) is 5.73 Å². The summed E-state index contributed by atoms with van der Waals surface area (Å²) in [6.45, 7) is 1.48. The molecule has 0 radical (unpaired) electrons. The minimum Gasteiger partial charge on any atom is -0.493 e. The number of hydrogen-bond acceptors (Lipinski definition) is 2. The van der Waals surface area contributed by atoms with E-state index in [1.807, 2.05) is 12.1 Å². The highest BCUT2D eigenvalue weighted by Crippen LogP contribution is 2.25. The average molecular weight is 208 g/mol. The Morgan fingerprint density at radius 3 is 3.21 bits per heavy atom. The maximum atomic E-state index is 5.41. The second-order valence-electron chi connectivity index (χ2n) is 3.26. The highest BCUT2D eigenvalue weighted by atomic mass is 32.1. The number of nitrogens with one attached hydrogen (secondary N) is 1. The molecule has 1 aromatic carbocycles. The molecule has 1 heterocycles. The average Bonchev–Trinajstić information content (AvgIpc) is 2.61. The van der Waals surface area contributed by atoms with E-state index in [2.05, 4.69) is 11.4 Å². The second kappa shape index (κ2) is 3.84. The molecule has 0 unspecified atom stereocenters. The molecule has 0 fully saturated rings. The minimum atomic E-state index is 0.335. The summed E-state index contributed by atoms with van der Waals surface area (Å²) in [5.74, 6) is 1.00. The molecule has 0 bridgehead atoms. The van der Waals surface area contributed by atoms with Crippen molar-refractivity contribution in [3.63, 3.8) is 0 Å². The summed E-state index contributed by atoms with van der Waals surface area (Å²) in [7, 11) is 0. The molecule has 1 aliphatic rings. The van der Waals surface area contributed by atoms with Crippen molar-refractivity contribution < 1.29 is 4.74 Å². The fourth-order valence-corrected chi connectivity index (χ4v) is 1.61. The predicted octanol–water partition coefficient (Wildman–Crippen LogP) is 0.955. The lowest BCUT2D eigenvalue weighted by molar-refractivity contribution is 0.357. The van der Waals surface area contributed by atoms with Crippen molar-refractivity contribution in [3.05, 3.63) is 29.3 Å². The molecule has 0 atom stereocenters. The van der Waals surface area contributed by atoms with Gasteiger partial charge in [0, 0.05) is 13.0 Å². The number of nitrogens with two attached hydrogens (primary N) is 1. The van der Waals surface area contributed by atoms with Crippen LogP contribution in [0.1, 0.15) is 11.1 Å². The summed E-state index contributed by atoms with van der Waals surface area (Å²) < 4.78 is 5.41. The van der Waals surface area contributed by atoms with Crippen molar-refractivity contribution >= 4 is 17.3 Å². The summed E-state index contributed by atoms with van der Waals surface area (Å²) >= 11 is 4.74. The maximum absolute atomic E-state index is 5.41. The molecule has 0 saturated heterocycles. The Labute approximate surface area is 88.2 Å². The molecule has 4 heteroatoms. The van der Waals surface area contributed by atoms with E-state index in [1.54, 1.807) is 0 Å². The van der Waals surface area contributed by atoms with Crippen LogP contribution in [0.2, 0.25) is 0 Å². The fourth-order valence-electron chi connectivity index (χ4n) is 1.54. The van der Waals surface area contributed by atoms with Gasteiger partial charge in [-0.15, -0.1) is 0 Å². The molecule has 3 N–H and O–H groups in total. The van der Waals surface area contributed by atoms with Crippen LogP contribution in [0, 0.1) is 0 Å². The maximum Gasteiger partial charge on any atom is 0.163 e. The van der Waals surface area contributed by atoms with Crippen molar-refractivity contribution in [2.45, 2.75) is 13.0 Å². The topological polar surface area (TPSA) is 47.3 Å². The first kappa shape index (κ1) is 9.27. The molecular formula is C10H12N2OS. The van der Waals surface area contributed by atoms with Gasteiger partial charge in [0.2, 0.25) is 0 Å². The second-order valence-corrected chi connectivity index (χ2v) is 3.70. The molecule has 74 valence electrons. The van der Waals surface area contributed by atoms with E-state index in [-0.39, 0.29) is 0 Å². The lowest BCUT2D eigenvalue weighted by atomic mass is 10.1. The summed E-state index contributed by atoms with van der Waals surface area (Å²) in [5.41, 5.74) is 7.80. The van der Waals surface area contributed by atoms with Crippen molar-refractivity contribution in [1.82, 2.24) is 5.32 Å². The minimum absolute atomic E-state index is 0.335. The molecular weight excluding hydrogens is 196 g/mol. The molecule has 0 amide bonds. The van der Waals surface area contributed by atoms with E-state index in [9.17, 15) is 0 Å². The van der Waals surface area contributed by atoms with Gasteiger partial charge in [0.1, 0.15) is 5.75 Å². The zero-order chi connectivity index (χ0) is 9.97. The number of hydrogen-bond donors (Lipinski definition) is 2. The molecule has 2 rings (SSSR count). The van der Waals surface area contributed by atoms with Gasteiger partial charge in [-0.1, -0.05) is 12.1 Å². The third-order valence-corrected chi connectivity index (χ3v) is 2.36. The van der Waals surface area contributed by atoms with Gasteiger partial charge in [-0.05, 0) is 29.4 Å². The predicted molar refractivity (Wildman–Crippen MR) is 59.3 cm³/mol. The first-order chi connectivity index (χ1) is 6.75. The van der Waals surface area contributed by atoms with Crippen molar-refractivity contribution in [2.75, 3.05) is 6.61 Å². The Morgan fingerprint density at radius 2 is 2.43 bits per heavy atom. The third-order valence-electron chi connectivity index (χ3n) is 2.22. The van der Waals surface area contributed by atoms with E-state index >= 15 is 0 Å². The molecule has 3 nitrogen and oxygen atoms in total. The van der Waals surface area contributed by atoms with Gasteiger partial charge in [0.15, 0.2) is 5.11 Å². The van der Waals surface area contributed by atoms with Crippen LogP contribution in [0.25, 0.3) is 0 Å². The van der Waals surface area contributed by atoms with Crippen LogP contribution >= 0.6 is 12.2 Å². The number of benzene rings is 1. The van der Waals surface area contributed by atoms with Crippen LogP contribution in [-0.4, -0.2) is 11.7 Å². The van der Waals surface area contributed by atoms with Crippen molar-refractivity contribution in [1.29, 1.82) is 0 Å². The Bertz CT molecular complexity index is 365. The van der Waals surface area contributed by atoms with Gasteiger partial charge >= 0.3 is 0 Å². The quantitative estimate of drug-likeness (QED) is 0.711. The first-order valence-electron chi connectivity index (χ1n) is 4.53. The lowest BCUT2D eigenvalue weighted by Gasteiger charge is -2.05. The zero-order valence-electron chi connectivity index (χ0n) is 7.75. The normalized spacial score (nSPS) is 13.1. The van der Waals surface area contributed by atoms with Gasteiger partial charge in [-0.25, -0.2) is 0 Å². The highest BCUT2D eigenvalue weighted by Gasteiger charge is 2.11. The van der Waals surface area contributed by atoms with E-state index in [1.165, 1.54) is 11.1 Å². The van der Waals surface area contributed by atoms with E-state index in [4.69, 9.17) is 22.7 Å². The van der Waals surface area contributed by atoms with Crippen LogP contribution in [-0.2, 0) is 13.0 Å². The smallest absolute Gasteiger partial charge is 0.163 e. The van der Waals surface area contributed by atoms with E-state index < -0.39 is 0 Å². The van der Waals surface area contributed by atoms with Gasteiger partial charge in [-0.2, -0.15) is 0 Å². The lowest BCUT2D eigenvalue weighted by Crippen LogP contribution is -2.28. The van der Waals surface area contributed by atoms with Crippen molar-refractivity contribution in [3.8, 4) is 5.75 Å².